The number of rotatable bonds is 6. The highest BCUT2D eigenvalue weighted by atomic mass is 16.2. The molecule has 0 fully saturated rings. The smallest absolute Gasteiger partial charge is 0.261 e. The van der Waals surface area contributed by atoms with Crippen molar-refractivity contribution in [2.75, 3.05) is 6.54 Å². The summed E-state index contributed by atoms with van der Waals surface area (Å²) in [6.45, 7) is 4.17. The van der Waals surface area contributed by atoms with E-state index in [2.05, 4.69) is 5.32 Å². The Morgan fingerprint density at radius 2 is 1.46 bits per heavy atom. The Morgan fingerprint density at radius 3 is 2.00 bits per heavy atom. The second kappa shape index (κ2) is 7.52. The van der Waals surface area contributed by atoms with Crippen molar-refractivity contribution < 1.29 is 14.4 Å². The first kappa shape index (κ1) is 17.9. The average molecular weight is 350 g/mol. The first-order valence-electron chi connectivity index (χ1n) is 8.78. The van der Waals surface area contributed by atoms with Crippen LogP contribution in [0.25, 0.3) is 0 Å². The van der Waals surface area contributed by atoms with Crippen LogP contribution in [0.2, 0.25) is 0 Å². The lowest BCUT2D eigenvalue weighted by atomic mass is 9.96. The van der Waals surface area contributed by atoms with E-state index in [1.54, 1.807) is 24.3 Å². The molecule has 0 saturated heterocycles. The highest BCUT2D eigenvalue weighted by Gasteiger charge is 2.35. The maximum atomic E-state index is 12.4. The average Bonchev–Trinajstić information content (AvgIpc) is 2.89. The highest BCUT2D eigenvalue weighted by molar-refractivity contribution is 6.21. The van der Waals surface area contributed by atoms with Gasteiger partial charge in [-0.15, -0.1) is 0 Å². The van der Waals surface area contributed by atoms with Crippen LogP contribution in [0.5, 0.6) is 0 Å². The third-order valence-corrected chi connectivity index (χ3v) is 4.58. The number of nitrogens with one attached hydrogen (secondary N) is 1. The Balaban J connectivity index is 1.63. The van der Waals surface area contributed by atoms with E-state index >= 15 is 0 Å². The van der Waals surface area contributed by atoms with Crippen molar-refractivity contribution in [3.05, 3.63) is 71.3 Å². The van der Waals surface area contributed by atoms with Crippen LogP contribution in [0.1, 0.15) is 52.6 Å². The molecule has 1 N–H and O–H groups in total. The van der Waals surface area contributed by atoms with Crippen molar-refractivity contribution in [2.45, 2.75) is 26.3 Å². The van der Waals surface area contributed by atoms with Crippen LogP contribution >= 0.6 is 0 Å². The van der Waals surface area contributed by atoms with E-state index in [4.69, 9.17) is 0 Å². The summed E-state index contributed by atoms with van der Waals surface area (Å²) in [7, 11) is 0. The van der Waals surface area contributed by atoms with Crippen LogP contribution in [0.4, 0.5) is 0 Å². The molecule has 0 aliphatic carbocycles. The molecule has 1 aliphatic heterocycles. The van der Waals surface area contributed by atoms with Crippen LogP contribution in [0.3, 0.4) is 0 Å². The van der Waals surface area contributed by atoms with Crippen LogP contribution < -0.4 is 5.32 Å². The van der Waals surface area contributed by atoms with Crippen molar-refractivity contribution in [1.29, 1.82) is 0 Å². The molecule has 0 saturated carbocycles. The molecule has 1 heterocycles. The van der Waals surface area contributed by atoms with Crippen molar-refractivity contribution in [3.8, 4) is 0 Å². The molecule has 3 amide bonds. The fourth-order valence-electron chi connectivity index (χ4n) is 3.20. The first-order valence-corrected chi connectivity index (χ1v) is 8.78. The Morgan fingerprint density at radius 1 is 0.923 bits per heavy atom. The summed E-state index contributed by atoms with van der Waals surface area (Å²) < 4.78 is 0. The minimum absolute atomic E-state index is 0.0811. The lowest BCUT2D eigenvalue weighted by molar-refractivity contribution is -0.122. The van der Waals surface area contributed by atoms with Gasteiger partial charge in [-0.2, -0.15) is 0 Å². The van der Waals surface area contributed by atoms with Crippen molar-refractivity contribution >= 4 is 17.7 Å². The third-order valence-electron chi connectivity index (χ3n) is 4.58. The maximum Gasteiger partial charge on any atom is 0.261 e. The zero-order valence-corrected chi connectivity index (χ0v) is 14.9. The molecule has 3 rings (SSSR count). The molecule has 0 aromatic heterocycles. The molecule has 134 valence electrons. The summed E-state index contributed by atoms with van der Waals surface area (Å²) >= 11 is 0. The van der Waals surface area contributed by atoms with Gasteiger partial charge in [0.25, 0.3) is 11.8 Å². The van der Waals surface area contributed by atoms with E-state index in [1.165, 1.54) is 0 Å². The number of nitrogens with zero attached hydrogens (tertiary/aromatic N) is 1. The maximum absolute atomic E-state index is 12.4. The Kier molecular flexibility index (Phi) is 5.16. The molecular formula is C21H22N2O3. The van der Waals surface area contributed by atoms with Crippen LogP contribution in [-0.2, 0) is 4.79 Å². The number of carbonyl (C=O) groups is 3. The molecule has 0 bridgehead atoms. The van der Waals surface area contributed by atoms with E-state index in [1.807, 2.05) is 44.2 Å². The SMILES string of the molecule is CC(C)[C@@H](NC(=O)CCN1C(=O)c2ccccc2C1=O)c1ccccc1. The molecule has 0 spiro atoms. The summed E-state index contributed by atoms with van der Waals surface area (Å²) in [5.41, 5.74) is 1.85. The molecule has 2 aromatic carbocycles. The van der Waals surface area contributed by atoms with Gasteiger partial charge < -0.3 is 5.32 Å². The van der Waals surface area contributed by atoms with Gasteiger partial charge in [0.1, 0.15) is 0 Å². The third kappa shape index (κ3) is 3.52. The minimum atomic E-state index is -0.332. The fraction of sp³-hybridized carbons (Fsp3) is 0.286. The van der Waals surface area contributed by atoms with Crippen LogP contribution in [0, 0.1) is 5.92 Å². The predicted molar refractivity (Wildman–Crippen MR) is 98.6 cm³/mol. The lowest BCUT2D eigenvalue weighted by Gasteiger charge is -2.23. The van der Waals surface area contributed by atoms with Crippen molar-refractivity contribution in [1.82, 2.24) is 10.2 Å². The molecule has 26 heavy (non-hydrogen) atoms. The van der Waals surface area contributed by atoms with Crippen molar-refractivity contribution in [2.24, 2.45) is 5.92 Å². The van der Waals surface area contributed by atoms with Crippen molar-refractivity contribution in [3.63, 3.8) is 0 Å². The number of benzene rings is 2. The summed E-state index contributed by atoms with van der Waals surface area (Å²) in [5.74, 6) is -0.617. The van der Waals surface area contributed by atoms with Gasteiger partial charge in [-0.25, -0.2) is 0 Å². The van der Waals surface area contributed by atoms with Gasteiger partial charge in [0.15, 0.2) is 0 Å². The van der Waals surface area contributed by atoms with E-state index in [0.29, 0.717) is 11.1 Å². The highest BCUT2D eigenvalue weighted by Crippen LogP contribution is 2.23. The number of carbonyl (C=O) groups excluding carboxylic acids is 3. The monoisotopic (exact) mass is 350 g/mol. The van der Waals surface area contributed by atoms with Gasteiger partial charge in [0, 0.05) is 13.0 Å². The molecule has 0 unspecified atom stereocenters. The standard InChI is InChI=1S/C21H22N2O3/c1-14(2)19(15-8-4-3-5-9-15)22-18(24)12-13-23-20(25)16-10-6-7-11-17(16)21(23)26/h3-11,14,19H,12-13H2,1-2H3,(H,22,24)/t19-/m1/s1. The van der Waals surface area contributed by atoms with Gasteiger partial charge in [-0.3, -0.25) is 19.3 Å². The summed E-state index contributed by atoms with van der Waals surface area (Å²) in [6.07, 6.45) is 0.0848. The van der Waals surface area contributed by atoms with Gasteiger partial charge in [-0.1, -0.05) is 56.3 Å². The molecule has 2 aromatic rings. The minimum Gasteiger partial charge on any atom is -0.349 e. The molecule has 1 atom stereocenters. The molecule has 5 nitrogen and oxygen atoms in total. The number of amides is 3. The second-order valence-electron chi connectivity index (χ2n) is 6.76. The molecule has 5 heteroatoms. The van der Waals surface area contributed by atoms with E-state index < -0.39 is 0 Å². The normalized spacial score (nSPS) is 14.5. The van der Waals surface area contributed by atoms with Gasteiger partial charge in [-0.05, 0) is 23.6 Å². The Bertz CT molecular complexity index is 795. The molecular weight excluding hydrogens is 328 g/mol. The van der Waals surface area contributed by atoms with E-state index in [0.717, 1.165) is 10.5 Å². The molecule has 1 aliphatic rings. The summed E-state index contributed by atoms with van der Waals surface area (Å²) in [5, 5.41) is 3.02. The number of hydrogen-bond acceptors (Lipinski definition) is 3. The second-order valence-corrected chi connectivity index (χ2v) is 6.76. The number of fused-ring (bicyclic) bond motifs is 1. The largest absolute Gasteiger partial charge is 0.349 e. The van der Waals surface area contributed by atoms with Crippen LogP contribution in [0.15, 0.2) is 54.6 Å². The predicted octanol–water partition coefficient (Wildman–Crippen LogP) is 3.19. The number of imide groups is 1. The Hall–Kier alpha value is -2.95. The zero-order valence-electron chi connectivity index (χ0n) is 14.9. The first-order chi connectivity index (χ1) is 12.5. The van der Waals surface area contributed by atoms with Gasteiger partial charge in [0.05, 0.1) is 17.2 Å². The van der Waals surface area contributed by atoms with E-state index in [9.17, 15) is 14.4 Å². The quantitative estimate of drug-likeness (QED) is 0.814. The summed E-state index contributed by atoms with van der Waals surface area (Å²) in [4.78, 5) is 38.3. The fourth-order valence-corrected chi connectivity index (χ4v) is 3.20. The Labute approximate surface area is 153 Å². The zero-order chi connectivity index (χ0) is 18.7. The topological polar surface area (TPSA) is 66.5 Å². The lowest BCUT2D eigenvalue weighted by Crippen LogP contribution is -2.36. The van der Waals surface area contributed by atoms with E-state index in [-0.39, 0.29) is 42.6 Å². The van der Waals surface area contributed by atoms with Crippen LogP contribution in [-0.4, -0.2) is 29.2 Å². The summed E-state index contributed by atoms with van der Waals surface area (Å²) in [6, 6.07) is 16.4. The number of hydrogen-bond donors (Lipinski definition) is 1. The molecule has 0 radical (unpaired) electrons. The van der Waals surface area contributed by atoms with Gasteiger partial charge in [0.2, 0.25) is 5.91 Å². The van der Waals surface area contributed by atoms with Gasteiger partial charge >= 0.3 is 0 Å².